The molecule has 0 amide bonds. The number of ether oxygens (including phenoxy) is 2. The predicted octanol–water partition coefficient (Wildman–Crippen LogP) is 5.30. The zero-order chi connectivity index (χ0) is 17.5. The second kappa shape index (κ2) is 8.17. The smallest absolute Gasteiger partial charge is 0.175 e. The summed E-state index contributed by atoms with van der Waals surface area (Å²) in [7, 11) is 1.63. The lowest BCUT2D eigenvalue weighted by Crippen LogP contribution is -2.19. The van der Waals surface area contributed by atoms with Crippen molar-refractivity contribution in [2.24, 2.45) is 0 Å². The number of para-hydroxylation sites is 3. The zero-order valence-electron chi connectivity index (χ0n) is 13.7. The molecule has 4 nitrogen and oxygen atoms in total. The van der Waals surface area contributed by atoms with Crippen LogP contribution in [0.3, 0.4) is 0 Å². The lowest BCUT2D eigenvalue weighted by molar-refractivity contribution is 0.417. The van der Waals surface area contributed by atoms with Gasteiger partial charge in [0.1, 0.15) is 17.2 Å². The molecule has 0 heterocycles. The van der Waals surface area contributed by atoms with Gasteiger partial charge in [0.05, 0.1) is 12.8 Å². The number of benzene rings is 3. The van der Waals surface area contributed by atoms with Crippen LogP contribution in [0.1, 0.15) is 0 Å². The second-order valence-corrected chi connectivity index (χ2v) is 5.63. The zero-order valence-corrected chi connectivity index (χ0v) is 14.5. The third-order valence-corrected chi connectivity index (χ3v) is 3.65. The van der Waals surface area contributed by atoms with Crippen LogP contribution in [0, 0.1) is 0 Å². The van der Waals surface area contributed by atoms with Crippen molar-refractivity contribution in [2.75, 3.05) is 17.7 Å². The Bertz CT molecular complexity index is 836. The lowest BCUT2D eigenvalue weighted by Gasteiger charge is -2.13. The van der Waals surface area contributed by atoms with Crippen LogP contribution < -0.4 is 20.1 Å². The van der Waals surface area contributed by atoms with Crippen molar-refractivity contribution < 1.29 is 9.47 Å². The third kappa shape index (κ3) is 4.71. The van der Waals surface area contributed by atoms with Crippen LogP contribution in [0.25, 0.3) is 0 Å². The highest BCUT2D eigenvalue weighted by atomic mass is 32.1. The lowest BCUT2D eigenvalue weighted by atomic mass is 10.3. The van der Waals surface area contributed by atoms with Crippen LogP contribution in [0.4, 0.5) is 11.4 Å². The fraction of sp³-hybridized carbons (Fsp3) is 0.0500. The minimum atomic E-state index is 0.487. The molecule has 0 bridgehead atoms. The summed E-state index contributed by atoms with van der Waals surface area (Å²) in [5.41, 5.74) is 1.68. The molecule has 0 spiro atoms. The van der Waals surface area contributed by atoms with E-state index < -0.39 is 0 Å². The number of hydrogen-bond donors (Lipinski definition) is 2. The van der Waals surface area contributed by atoms with Gasteiger partial charge in [0.25, 0.3) is 0 Å². The van der Waals surface area contributed by atoms with Crippen LogP contribution in [-0.2, 0) is 0 Å². The van der Waals surface area contributed by atoms with Crippen molar-refractivity contribution in [3.8, 4) is 17.2 Å². The topological polar surface area (TPSA) is 42.5 Å². The molecule has 5 heteroatoms. The molecule has 0 radical (unpaired) electrons. The van der Waals surface area contributed by atoms with Crippen LogP contribution in [0.15, 0.2) is 78.9 Å². The van der Waals surface area contributed by atoms with Gasteiger partial charge in [-0.05, 0) is 60.7 Å². The Labute approximate surface area is 152 Å². The molecule has 0 saturated heterocycles. The van der Waals surface area contributed by atoms with Crippen LogP contribution in [0.5, 0.6) is 17.2 Å². The molecule has 126 valence electrons. The van der Waals surface area contributed by atoms with Gasteiger partial charge in [0, 0.05) is 5.69 Å². The summed E-state index contributed by atoms with van der Waals surface area (Å²) < 4.78 is 11.1. The predicted molar refractivity (Wildman–Crippen MR) is 106 cm³/mol. The molecule has 0 saturated carbocycles. The normalized spacial score (nSPS) is 9.96. The summed E-state index contributed by atoms with van der Waals surface area (Å²) >= 11 is 5.35. The molecule has 0 aliphatic carbocycles. The highest BCUT2D eigenvalue weighted by Crippen LogP contribution is 2.24. The molecule has 25 heavy (non-hydrogen) atoms. The molecule has 0 atom stereocenters. The summed E-state index contributed by atoms with van der Waals surface area (Å²) in [4.78, 5) is 0. The molecule has 0 aliphatic heterocycles. The monoisotopic (exact) mass is 350 g/mol. The average Bonchev–Trinajstić information content (AvgIpc) is 2.64. The van der Waals surface area contributed by atoms with Gasteiger partial charge in [-0.15, -0.1) is 0 Å². The maximum atomic E-state index is 5.77. The van der Waals surface area contributed by atoms with Gasteiger partial charge >= 0.3 is 0 Å². The Hall–Kier alpha value is -3.05. The van der Waals surface area contributed by atoms with E-state index in [2.05, 4.69) is 10.6 Å². The summed E-state index contributed by atoms with van der Waals surface area (Å²) in [5, 5.41) is 6.76. The SMILES string of the molecule is COc1ccccc1NC(=S)Nc1ccc(Oc2ccccc2)cc1. The minimum Gasteiger partial charge on any atom is -0.495 e. The average molecular weight is 350 g/mol. The Morgan fingerprint density at radius 2 is 1.40 bits per heavy atom. The number of thiocarbonyl (C=S) groups is 1. The van der Waals surface area contributed by atoms with Gasteiger partial charge in [0.2, 0.25) is 0 Å². The van der Waals surface area contributed by atoms with Crippen molar-refractivity contribution in [3.05, 3.63) is 78.9 Å². The second-order valence-electron chi connectivity index (χ2n) is 5.22. The van der Waals surface area contributed by atoms with E-state index >= 15 is 0 Å². The fourth-order valence-electron chi connectivity index (χ4n) is 2.26. The number of hydrogen-bond acceptors (Lipinski definition) is 3. The van der Waals surface area contributed by atoms with Crippen molar-refractivity contribution in [3.63, 3.8) is 0 Å². The van der Waals surface area contributed by atoms with Crippen molar-refractivity contribution in [1.82, 2.24) is 0 Å². The highest BCUT2D eigenvalue weighted by Gasteiger charge is 2.04. The summed E-state index contributed by atoms with van der Waals surface area (Å²) in [5.74, 6) is 2.30. The number of rotatable bonds is 5. The van der Waals surface area contributed by atoms with Crippen LogP contribution in [0.2, 0.25) is 0 Å². The van der Waals surface area contributed by atoms with E-state index in [1.165, 1.54) is 0 Å². The van der Waals surface area contributed by atoms with Crippen LogP contribution in [-0.4, -0.2) is 12.2 Å². The maximum Gasteiger partial charge on any atom is 0.175 e. The summed E-state index contributed by atoms with van der Waals surface area (Å²) in [6.45, 7) is 0. The van der Waals surface area contributed by atoms with E-state index in [0.717, 1.165) is 28.6 Å². The molecule has 3 rings (SSSR count). The Morgan fingerprint density at radius 1 is 0.760 bits per heavy atom. The van der Waals surface area contributed by atoms with Crippen molar-refractivity contribution in [2.45, 2.75) is 0 Å². The van der Waals surface area contributed by atoms with Gasteiger partial charge in [0.15, 0.2) is 5.11 Å². The maximum absolute atomic E-state index is 5.77. The standard InChI is InChI=1S/C20H18N2O2S/c1-23-19-10-6-5-9-18(19)22-20(25)21-15-11-13-17(14-12-15)24-16-7-3-2-4-8-16/h2-14H,1H3,(H2,21,22,25). The molecule has 0 fully saturated rings. The molecule has 3 aromatic rings. The van der Waals surface area contributed by atoms with Crippen LogP contribution >= 0.6 is 12.2 Å². The minimum absolute atomic E-state index is 0.487. The first-order valence-corrected chi connectivity index (χ1v) is 8.19. The molecular weight excluding hydrogens is 332 g/mol. The molecule has 0 aromatic heterocycles. The number of anilines is 2. The van der Waals surface area contributed by atoms with E-state index in [0.29, 0.717) is 5.11 Å². The Balaban J connectivity index is 1.60. The fourth-order valence-corrected chi connectivity index (χ4v) is 2.49. The molecular formula is C20H18N2O2S. The van der Waals surface area contributed by atoms with E-state index in [9.17, 15) is 0 Å². The third-order valence-electron chi connectivity index (χ3n) is 3.45. The molecule has 3 aromatic carbocycles. The highest BCUT2D eigenvalue weighted by molar-refractivity contribution is 7.80. The molecule has 2 N–H and O–H groups in total. The van der Waals surface area contributed by atoms with E-state index in [1.54, 1.807) is 7.11 Å². The summed E-state index contributed by atoms with van der Waals surface area (Å²) in [6, 6.07) is 24.9. The van der Waals surface area contributed by atoms with Crippen molar-refractivity contribution >= 4 is 28.7 Å². The quantitative estimate of drug-likeness (QED) is 0.612. The summed E-state index contributed by atoms with van der Waals surface area (Å²) in [6.07, 6.45) is 0. The van der Waals surface area contributed by atoms with Crippen molar-refractivity contribution in [1.29, 1.82) is 0 Å². The first-order chi connectivity index (χ1) is 12.2. The van der Waals surface area contributed by atoms with Gasteiger partial charge in [-0.25, -0.2) is 0 Å². The number of methoxy groups -OCH3 is 1. The van der Waals surface area contributed by atoms with E-state index in [4.69, 9.17) is 21.7 Å². The van der Waals surface area contributed by atoms with Gasteiger partial charge in [-0.2, -0.15) is 0 Å². The van der Waals surface area contributed by atoms with Gasteiger partial charge in [-0.1, -0.05) is 30.3 Å². The van der Waals surface area contributed by atoms with E-state index in [1.807, 2.05) is 78.9 Å². The molecule has 0 aliphatic rings. The van der Waals surface area contributed by atoms with Gasteiger partial charge < -0.3 is 20.1 Å². The number of nitrogens with one attached hydrogen (secondary N) is 2. The van der Waals surface area contributed by atoms with Gasteiger partial charge in [-0.3, -0.25) is 0 Å². The Morgan fingerprint density at radius 3 is 2.12 bits per heavy atom. The Kier molecular flexibility index (Phi) is 5.49. The molecule has 0 unspecified atom stereocenters. The largest absolute Gasteiger partial charge is 0.495 e. The van der Waals surface area contributed by atoms with E-state index in [-0.39, 0.29) is 0 Å². The first kappa shape index (κ1) is 16.8. The first-order valence-electron chi connectivity index (χ1n) is 7.78.